The van der Waals surface area contributed by atoms with Crippen LogP contribution in [0.2, 0.25) is 10.0 Å². The van der Waals surface area contributed by atoms with E-state index in [2.05, 4.69) is 10.0 Å². The Morgan fingerprint density at radius 2 is 1.82 bits per heavy atom. The maximum atomic E-state index is 12.4. The van der Waals surface area contributed by atoms with E-state index in [1.165, 1.54) is 24.3 Å². The summed E-state index contributed by atoms with van der Waals surface area (Å²) in [5.41, 5.74) is 1.57. The molecule has 4 unspecified atom stereocenters. The van der Waals surface area contributed by atoms with E-state index < -0.39 is 40.3 Å². The zero-order chi connectivity index (χ0) is 24.2. The van der Waals surface area contributed by atoms with Crippen LogP contribution in [0.4, 0.5) is 0 Å². The van der Waals surface area contributed by atoms with Crippen LogP contribution in [0.15, 0.2) is 53.4 Å². The highest BCUT2D eigenvalue weighted by Crippen LogP contribution is 2.23. The first-order valence-electron chi connectivity index (χ1n) is 10.0. The Morgan fingerprint density at radius 3 is 2.48 bits per heavy atom. The van der Waals surface area contributed by atoms with Crippen molar-refractivity contribution in [2.75, 3.05) is 13.2 Å². The van der Waals surface area contributed by atoms with E-state index in [9.17, 15) is 23.4 Å². The van der Waals surface area contributed by atoms with Gasteiger partial charge in [-0.25, -0.2) is 13.1 Å². The average molecular weight is 515 g/mol. The fourth-order valence-electron chi connectivity index (χ4n) is 3.20. The molecule has 0 aromatic heterocycles. The molecule has 1 heterocycles. The van der Waals surface area contributed by atoms with Gasteiger partial charge >= 0.3 is 0 Å². The standard InChI is InChI=1S/C22H24Cl2N2O6S/c1-13-2-6-15(7-3-13)33(30,31)25-11-19-22(29)21(28)18(12-32-19)26-20(27)9-5-14-4-8-16(23)17(24)10-14/h2-10,18-19,21-22,25,28-29H,11-12H2,1H3,(H,26,27). The third kappa shape index (κ3) is 6.77. The van der Waals surface area contributed by atoms with Crippen molar-refractivity contribution in [1.82, 2.24) is 10.0 Å². The number of amides is 1. The van der Waals surface area contributed by atoms with Crippen molar-refractivity contribution in [2.45, 2.75) is 36.2 Å². The highest BCUT2D eigenvalue weighted by Gasteiger charge is 2.39. The van der Waals surface area contributed by atoms with E-state index in [-0.39, 0.29) is 18.0 Å². The van der Waals surface area contributed by atoms with Crippen LogP contribution in [0.3, 0.4) is 0 Å². The minimum atomic E-state index is -3.81. The SMILES string of the molecule is Cc1ccc(S(=O)(=O)NCC2OCC(NC(=O)C=Cc3ccc(Cl)c(Cl)c3)C(O)C2O)cc1. The molecule has 0 aliphatic carbocycles. The van der Waals surface area contributed by atoms with Crippen molar-refractivity contribution in [1.29, 1.82) is 0 Å². The topological polar surface area (TPSA) is 125 Å². The summed E-state index contributed by atoms with van der Waals surface area (Å²) in [5, 5.41) is 24.1. The summed E-state index contributed by atoms with van der Waals surface area (Å²) in [6, 6.07) is 10.3. The second-order valence-electron chi connectivity index (χ2n) is 7.64. The van der Waals surface area contributed by atoms with Crippen LogP contribution in [-0.4, -0.2) is 62.0 Å². The lowest BCUT2D eigenvalue weighted by Crippen LogP contribution is -2.61. The largest absolute Gasteiger partial charge is 0.388 e. The number of hydrogen-bond acceptors (Lipinski definition) is 6. The summed E-state index contributed by atoms with van der Waals surface area (Å²) in [6.07, 6.45) is -0.980. The number of rotatable bonds is 7. The number of aliphatic hydroxyl groups is 2. The minimum Gasteiger partial charge on any atom is -0.388 e. The number of hydrogen-bond donors (Lipinski definition) is 4. The molecule has 1 amide bonds. The molecule has 1 aliphatic rings. The van der Waals surface area contributed by atoms with Gasteiger partial charge in [0, 0.05) is 12.6 Å². The molecule has 11 heteroatoms. The highest BCUT2D eigenvalue weighted by molar-refractivity contribution is 7.89. The Bertz CT molecular complexity index is 1120. The van der Waals surface area contributed by atoms with Crippen LogP contribution >= 0.6 is 23.2 Å². The third-order valence-electron chi connectivity index (χ3n) is 5.14. The van der Waals surface area contributed by atoms with Crippen LogP contribution in [0, 0.1) is 6.92 Å². The zero-order valence-corrected chi connectivity index (χ0v) is 19.9. The summed E-state index contributed by atoms with van der Waals surface area (Å²) >= 11 is 11.8. The maximum Gasteiger partial charge on any atom is 0.244 e. The molecule has 2 aromatic rings. The van der Waals surface area contributed by atoms with Gasteiger partial charge in [-0.1, -0.05) is 47.0 Å². The third-order valence-corrected chi connectivity index (χ3v) is 7.32. The van der Waals surface area contributed by atoms with E-state index in [0.717, 1.165) is 5.56 Å². The van der Waals surface area contributed by atoms with Gasteiger partial charge in [0.25, 0.3) is 0 Å². The molecule has 4 atom stereocenters. The first-order valence-corrected chi connectivity index (χ1v) is 12.3. The lowest BCUT2D eigenvalue weighted by Gasteiger charge is -2.37. The van der Waals surface area contributed by atoms with Gasteiger partial charge in [0.15, 0.2) is 0 Å². The number of ether oxygens (including phenoxy) is 1. The molecule has 33 heavy (non-hydrogen) atoms. The van der Waals surface area contributed by atoms with E-state index in [1.54, 1.807) is 30.3 Å². The fourth-order valence-corrected chi connectivity index (χ4v) is 4.55. The molecule has 1 fully saturated rings. The number of benzene rings is 2. The first-order chi connectivity index (χ1) is 15.6. The molecule has 0 spiro atoms. The number of nitrogens with one attached hydrogen (secondary N) is 2. The van der Waals surface area contributed by atoms with Crippen molar-refractivity contribution < 1.29 is 28.2 Å². The molecule has 8 nitrogen and oxygen atoms in total. The molecule has 0 saturated carbocycles. The molecular weight excluding hydrogens is 491 g/mol. The molecule has 1 saturated heterocycles. The average Bonchev–Trinajstić information content (AvgIpc) is 2.77. The second kappa shape index (κ2) is 11.0. The molecule has 1 aliphatic heterocycles. The number of carbonyl (C=O) groups excluding carboxylic acids is 1. The van der Waals surface area contributed by atoms with Gasteiger partial charge in [-0.05, 0) is 42.8 Å². The summed E-state index contributed by atoms with van der Waals surface area (Å²) in [6.45, 7) is 1.49. The van der Waals surface area contributed by atoms with Crippen molar-refractivity contribution >= 4 is 45.2 Å². The molecule has 0 bridgehead atoms. The van der Waals surface area contributed by atoms with Crippen molar-refractivity contribution in [3.8, 4) is 0 Å². The first kappa shape index (κ1) is 25.6. The number of carbonyl (C=O) groups is 1. The Hall–Kier alpha value is -1.98. The Kier molecular flexibility index (Phi) is 8.52. The van der Waals surface area contributed by atoms with Crippen molar-refractivity contribution in [3.63, 3.8) is 0 Å². The monoisotopic (exact) mass is 514 g/mol. The van der Waals surface area contributed by atoms with Crippen molar-refractivity contribution in [2.24, 2.45) is 0 Å². The minimum absolute atomic E-state index is 0.0813. The molecule has 4 N–H and O–H groups in total. The van der Waals surface area contributed by atoms with E-state index >= 15 is 0 Å². The van der Waals surface area contributed by atoms with Crippen LogP contribution in [-0.2, 0) is 19.6 Å². The van der Waals surface area contributed by atoms with Crippen LogP contribution in [0.1, 0.15) is 11.1 Å². The molecular formula is C22H24Cl2N2O6S. The van der Waals surface area contributed by atoms with Gasteiger partial charge in [-0.3, -0.25) is 4.79 Å². The van der Waals surface area contributed by atoms with Gasteiger partial charge in [0.1, 0.15) is 12.2 Å². The molecule has 0 radical (unpaired) electrons. The Balaban J connectivity index is 1.53. The number of halogens is 2. The van der Waals surface area contributed by atoms with Gasteiger partial charge in [0.2, 0.25) is 15.9 Å². The van der Waals surface area contributed by atoms with Crippen molar-refractivity contribution in [3.05, 3.63) is 69.7 Å². The van der Waals surface area contributed by atoms with Gasteiger partial charge < -0.3 is 20.3 Å². The summed E-state index contributed by atoms with van der Waals surface area (Å²) < 4.78 is 32.7. The van der Waals surface area contributed by atoms with Crippen LogP contribution in [0.5, 0.6) is 0 Å². The second-order valence-corrected chi connectivity index (χ2v) is 10.2. The number of sulfonamides is 1. The fraction of sp³-hybridized carbons (Fsp3) is 0.318. The Labute approximate surface area is 202 Å². The van der Waals surface area contributed by atoms with E-state index in [4.69, 9.17) is 27.9 Å². The normalized spacial score (nSPS) is 23.5. The Morgan fingerprint density at radius 1 is 1.12 bits per heavy atom. The molecule has 3 rings (SSSR count). The summed E-state index contributed by atoms with van der Waals surface area (Å²) in [4.78, 5) is 12.3. The maximum absolute atomic E-state index is 12.4. The quantitative estimate of drug-likeness (QED) is 0.418. The smallest absolute Gasteiger partial charge is 0.244 e. The highest BCUT2D eigenvalue weighted by atomic mass is 35.5. The zero-order valence-electron chi connectivity index (χ0n) is 17.6. The van der Waals surface area contributed by atoms with Gasteiger partial charge in [-0.15, -0.1) is 0 Å². The summed E-state index contributed by atoms with van der Waals surface area (Å²) in [5.74, 6) is -0.514. The predicted molar refractivity (Wildman–Crippen MR) is 126 cm³/mol. The predicted octanol–water partition coefficient (Wildman–Crippen LogP) is 1.90. The number of aliphatic hydroxyl groups excluding tert-OH is 2. The number of aryl methyl sites for hydroxylation is 1. The van der Waals surface area contributed by atoms with Crippen LogP contribution in [0.25, 0.3) is 6.08 Å². The van der Waals surface area contributed by atoms with Crippen LogP contribution < -0.4 is 10.0 Å². The molecule has 178 valence electrons. The summed E-state index contributed by atoms with van der Waals surface area (Å²) in [7, 11) is -3.81. The van der Waals surface area contributed by atoms with Gasteiger partial charge in [0.05, 0.1) is 33.7 Å². The lowest BCUT2D eigenvalue weighted by molar-refractivity contribution is -0.151. The van der Waals surface area contributed by atoms with Gasteiger partial charge in [-0.2, -0.15) is 0 Å². The molecule has 2 aromatic carbocycles. The van der Waals surface area contributed by atoms with E-state index in [0.29, 0.717) is 15.6 Å². The van der Waals surface area contributed by atoms with E-state index in [1.807, 2.05) is 6.92 Å². The lowest BCUT2D eigenvalue weighted by atomic mass is 9.98.